The molecule has 2 aromatic rings. The Balaban J connectivity index is 1.73. The number of aromatic nitrogens is 1. The van der Waals surface area contributed by atoms with Crippen LogP contribution < -0.4 is 16.1 Å². The van der Waals surface area contributed by atoms with Crippen LogP contribution >= 0.6 is 0 Å². The molecule has 1 aromatic carbocycles. The first kappa shape index (κ1) is 18.7. The normalized spacial score (nSPS) is 17.4. The summed E-state index contributed by atoms with van der Waals surface area (Å²) in [7, 11) is 0. The summed E-state index contributed by atoms with van der Waals surface area (Å²) in [6.45, 7) is 1.87. The van der Waals surface area contributed by atoms with Gasteiger partial charge in [-0.25, -0.2) is 9.18 Å². The average Bonchev–Trinajstić information content (AvgIpc) is 3.53. The second kappa shape index (κ2) is 7.09. The van der Waals surface area contributed by atoms with E-state index in [0.29, 0.717) is 37.4 Å². The fourth-order valence-corrected chi connectivity index (χ4v) is 3.71. The molecule has 0 bridgehead atoms. The number of pyridine rings is 1. The lowest BCUT2D eigenvalue weighted by molar-refractivity contribution is 0.0695. The number of nitrogens with two attached hydrogens (primary N) is 1. The Morgan fingerprint density at radius 1 is 1.28 bits per heavy atom. The van der Waals surface area contributed by atoms with Crippen LogP contribution in [0.3, 0.4) is 0 Å². The van der Waals surface area contributed by atoms with Crippen molar-refractivity contribution in [1.29, 1.82) is 5.26 Å². The highest BCUT2D eigenvalue weighted by molar-refractivity contribution is 5.93. The van der Waals surface area contributed by atoms with E-state index in [2.05, 4.69) is 4.99 Å². The van der Waals surface area contributed by atoms with Gasteiger partial charge in [0, 0.05) is 43.8 Å². The number of hydrogen-bond donors (Lipinski definition) is 2. The van der Waals surface area contributed by atoms with Crippen molar-refractivity contribution in [3.8, 4) is 6.19 Å². The monoisotopic (exact) mass is 398 g/mol. The van der Waals surface area contributed by atoms with Crippen molar-refractivity contribution in [3.63, 3.8) is 0 Å². The zero-order valence-corrected chi connectivity index (χ0v) is 15.5. The Morgan fingerprint density at radius 2 is 1.97 bits per heavy atom. The quantitative estimate of drug-likeness (QED) is 0.450. The van der Waals surface area contributed by atoms with Crippen molar-refractivity contribution in [3.05, 3.63) is 39.9 Å². The maximum Gasteiger partial charge on any atom is 0.341 e. The number of guanidine groups is 1. The summed E-state index contributed by atoms with van der Waals surface area (Å²) >= 11 is 0. The molecule has 1 aliphatic carbocycles. The Bertz CT molecular complexity index is 1120. The van der Waals surface area contributed by atoms with Crippen molar-refractivity contribution < 1.29 is 14.3 Å². The van der Waals surface area contributed by atoms with Gasteiger partial charge in [0.15, 0.2) is 0 Å². The Hall–Kier alpha value is -3.61. The SMILES string of the molecule is N#CN=C(N)N1CCN(c2cc3c(cc2F)c(=O)c(C(=O)O)cn3C2CC2)CC1. The van der Waals surface area contributed by atoms with Gasteiger partial charge < -0.3 is 25.2 Å². The Labute approximate surface area is 165 Å². The number of aliphatic imine (C=N–C) groups is 1. The van der Waals surface area contributed by atoms with Gasteiger partial charge in [0.1, 0.15) is 11.4 Å². The highest BCUT2D eigenvalue weighted by atomic mass is 19.1. The van der Waals surface area contributed by atoms with E-state index in [1.807, 2.05) is 4.90 Å². The number of carbonyl (C=O) groups is 1. The first-order valence-electron chi connectivity index (χ1n) is 9.24. The van der Waals surface area contributed by atoms with E-state index in [1.54, 1.807) is 21.7 Å². The molecule has 2 aliphatic rings. The maximum atomic E-state index is 14.9. The molecule has 9 nitrogen and oxygen atoms in total. The molecule has 1 saturated heterocycles. The van der Waals surface area contributed by atoms with E-state index in [-0.39, 0.29) is 23.0 Å². The average molecular weight is 398 g/mol. The molecule has 0 amide bonds. The Kier molecular flexibility index (Phi) is 4.58. The van der Waals surface area contributed by atoms with Gasteiger partial charge in [-0.3, -0.25) is 4.79 Å². The molecule has 0 radical (unpaired) electrons. The highest BCUT2D eigenvalue weighted by Gasteiger charge is 2.28. The predicted octanol–water partition coefficient (Wildman–Crippen LogP) is 1.09. The lowest BCUT2D eigenvalue weighted by Gasteiger charge is -2.36. The van der Waals surface area contributed by atoms with Crippen molar-refractivity contribution in [1.82, 2.24) is 9.47 Å². The molecular weight excluding hydrogens is 379 g/mol. The summed E-state index contributed by atoms with van der Waals surface area (Å²) < 4.78 is 16.7. The van der Waals surface area contributed by atoms with E-state index in [4.69, 9.17) is 11.0 Å². The number of hydrogen-bond acceptors (Lipinski definition) is 5. The first-order valence-corrected chi connectivity index (χ1v) is 9.24. The molecule has 1 aromatic heterocycles. The number of rotatable bonds is 3. The minimum Gasteiger partial charge on any atom is -0.477 e. The Morgan fingerprint density at radius 3 is 2.55 bits per heavy atom. The lowest BCUT2D eigenvalue weighted by atomic mass is 10.1. The molecule has 0 atom stereocenters. The van der Waals surface area contributed by atoms with Crippen LogP contribution in [0.2, 0.25) is 0 Å². The summed E-state index contributed by atoms with van der Waals surface area (Å²) in [6, 6.07) is 2.88. The summed E-state index contributed by atoms with van der Waals surface area (Å²) in [5.41, 5.74) is 5.59. The molecule has 2 heterocycles. The molecule has 29 heavy (non-hydrogen) atoms. The number of piperazine rings is 1. The molecule has 4 rings (SSSR count). The maximum absolute atomic E-state index is 14.9. The molecule has 10 heteroatoms. The third kappa shape index (κ3) is 3.35. The number of benzene rings is 1. The molecular formula is C19H19FN6O3. The van der Waals surface area contributed by atoms with Crippen LogP contribution in [-0.2, 0) is 0 Å². The number of fused-ring (bicyclic) bond motifs is 1. The van der Waals surface area contributed by atoms with Gasteiger partial charge in [0.2, 0.25) is 17.6 Å². The summed E-state index contributed by atoms with van der Waals surface area (Å²) in [5.74, 6) is -1.76. The van der Waals surface area contributed by atoms with Crippen molar-refractivity contribution in [2.45, 2.75) is 18.9 Å². The highest BCUT2D eigenvalue weighted by Crippen LogP contribution is 2.38. The van der Waals surface area contributed by atoms with Crippen molar-refractivity contribution in [2.75, 3.05) is 31.1 Å². The predicted molar refractivity (Wildman–Crippen MR) is 104 cm³/mol. The molecule has 1 saturated carbocycles. The van der Waals surface area contributed by atoms with Crippen LogP contribution in [0.25, 0.3) is 10.9 Å². The lowest BCUT2D eigenvalue weighted by Crippen LogP contribution is -2.51. The molecule has 2 fully saturated rings. The van der Waals surface area contributed by atoms with E-state index >= 15 is 0 Å². The summed E-state index contributed by atoms with van der Waals surface area (Å²) in [6.07, 6.45) is 4.79. The summed E-state index contributed by atoms with van der Waals surface area (Å²) in [4.78, 5) is 31.1. The minimum absolute atomic E-state index is 0.0714. The fraction of sp³-hybridized carbons (Fsp3) is 0.368. The van der Waals surface area contributed by atoms with Gasteiger partial charge in [-0.1, -0.05) is 0 Å². The topological polar surface area (TPSA) is 128 Å². The van der Waals surface area contributed by atoms with Crippen LogP contribution in [0.1, 0.15) is 29.2 Å². The number of nitrogens with zero attached hydrogens (tertiary/aromatic N) is 5. The number of aromatic carboxylic acids is 1. The van der Waals surface area contributed by atoms with Crippen LogP contribution in [0.4, 0.5) is 10.1 Å². The van der Waals surface area contributed by atoms with Gasteiger partial charge in [-0.2, -0.15) is 5.26 Å². The van der Waals surface area contributed by atoms with Crippen LogP contribution in [0, 0.1) is 17.3 Å². The second-order valence-corrected chi connectivity index (χ2v) is 7.18. The van der Waals surface area contributed by atoms with E-state index in [0.717, 1.165) is 18.9 Å². The van der Waals surface area contributed by atoms with Gasteiger partial charge in [0.25, 0.3) is 0 Å². The smallest absolute Gasteiger partial charge is 0.341 e. The van der Waals surface area contributed by atoms with Crippen LogP contribution in [0.5, 0.6) is 0 Å². The largest absolute Gasteiger partial charge is 0.477 e. The van der Waals surface area contributed by atoms with Crippen LogP contribution in [0.15, 0.2) is 28.1 Å². The molecule has 3 N–H and O–H groups in total. The van der Waals surface area contributed by atoms with E-state index in [9.17, 15) is 19.1 Å². The molecule has 0 unspecified atom stereocenters. The summed E-state index contributed by atoms with van der Waals surface area (Å²) in [5, 5.41) is 18.0. The third-order valence-corrected chi connectivity index (χ3v) is 5.38. The third-order valence-electron chi connectivity index (χ3n) is 5.38. The standard InChI is InChI=1S/C19H19FN6O3/c20-14-7-12-15(26(11-1-2-11)9-13(17(12)27)18(28)29)8-16(14)24-3-5-25(6-4-24)19(22)23-10-21/h7-9,11H,1-6H2,(H2,22,23)(H,28,29). The molecule has 1 aliphatic heterocycles. The van der Waals surface area contributed by atoms with Gasteiger partial charge in [-0.15, -0.1) is 4.99 Å². The minimum atomic E-state index is -1.32. The zero-order valence-electron chi connectivity index (χ0n) is 15.5. The zero-order chi connectivity index (χ0) is 20.7. The number of halogens is 1. The van der Waals surface area contributed by atoms with Gasteiger partial charge >= 0.3 is 5.97 Å². The van der Waals surface area contributed by atoms with E-state index < -0.39 is 17.2 Å². The number of nitriles is 1. The number of carboxylic acid groups (broad SMARTS) is 1. The van der Waals surface area contributed by atoms with E-state index in [1.165, 1.54) is 6.20 Å². The van der Waals surface area contributed by atoms with Crippen molar-refractivity contribution in [2.24, 2.45) is 10.7 Å². The van der Waals surface area contributed by atoms with Crippen molar-refractivity contribution >= 4 is 28.5 Å². The molecule has 150 valence electrons. The van der Waals surface area contributed by atoms with Gasteiger partial charge in [0.05, 0.1) is 11.2 Å². The van der Waals surface area contributed by atoms with Crippen LogP contribution in [-0.4, -0.2) is 52.7 Å². The van der Waals surface area contributed by atoms with Gasteiger partial charge in [-0.05, 0) is 25.0 Å². The number of anilines is 1. The fourth-order valence-electron chi connectivity index (χ4n) is 3.71. The second-order valence-electron chi connectivity index (χ2n) is 7.18. The number of carboxylic acids is 1. The first-order chi connectivity index (χ1) is 13.9. The molecule has 0 spiro atoms.